The van der Waals surface area contributed by atoms with Crippen LogP contribution >= 0.6 is 0 Å². The minimum atomic E-state index is -1.02. The van der Waals surface area contributed by atoms with Crippen LogP contribution in [0.25, 0.3) is 28.0 Å². The van der Waals surface area contributed by atoms with Gasteiger partial charge in [0.25, 0.3) is 11.8 Å². The van der Waals surface area contributed by atoms with E-state index in [1.54, 1.807) is 25.3 Å². The van der Waals surface area contributed by atoms with E-state index >= 15 is 0 Å². The van der Waals surface area contributed by atoms with Crippen molar-refractivity contribution in [2.75, 3.05) is 91.6 Å². The highest BCUT2D eigenvalue weighted by molar-refractivity contribution is 6.23. The predicted octanol–water partition coefficient (Wildman–Crippen LogP) is 4.19. The van der Waals surface area contributed by atoms with Crippen molar-refractivity contribution in [1.29, 1.82) is 0 Å². The number of rotatable bonds is 24. The van der Waals surface area contributed by atoms with Gasteiger partial charge in [0, 0.05) is 30.3 Å². The average Bonchev–Trinajstić information content (AvgIpc) is 3.81. The highest BCUT2D eigenvalue weighted by atomic mass is 19.1. The number of anilines is 1. The number of halogens is 1. The average molecular weight is 855 g/mol. The van der Waals surface area contributed by atoms with E-state index < -0.39 is 35.6 Å². The van der Waals surface area contributed by atoms with E-state index in [4.69, 9.17) is 33.2 Å². The molecule has 1 atom stereocenters. The van der Waals surface area contributed by atoms with Crippen molar-refractivity contribution < 1.29 is 56.7 Å². The molecular formula is C44H47FN6O11. The number of amides is 4. The minimum absolute atomic E-state index is 0.0540. The first-order valence-corrected chi connectivity index (χ1v) is 20.2. The van der Waals surface area contributed by atoms with E-state index in [2.05, 4.69) is 20.6 Å². The van der Waals surface area contributed by atoms with Crippen molar-refractivity contribution in [3.8, 4) is 33.9 Å². The highest BCUT2D eigenvalue weighted by Crippen LogP contribution is 2.31. The maximum absolute atomic E-state index is 15.0. The molecule has 3 aromatic heterocycles. The number of fused-ring (bicyclic) bond motifs is 2. The number of methoxy groups -OCH3 is 1. The number of hydrogen-bond acceptors (Lipinski definition) is 14. The number of imide groups is 2. The van der Waals surface area contributed by atoms with E-state index in [1.807, 2.05) is 53.2 Å². The van der Waals surface area contributed by atoms with Crippen LogP contribution in [0.4, 0.5) is 10.2 Å². The number of carbonyl (C=O) groups excluding carboxylic acids is 4. The van der Waals surface area contributed by atoms with Crippen molar-refractivity contribution in [3.63, 3.8) is 0 Å². The summed E-state index contributed by atoms with van der Waals surface area (Å²) in [4.78, 5) is 59.2. The third kappa shape index (κ3) is 11.1. The van der Waals surface area contributed by atoms with Crippen LogP contribution in [0.1, 0.15) is 33.6 Å². The Bertz CT molecular complexity index is 2360. The molecule has 5 heterocycles. The van der Waals surface area contributed by atoms with Crippen LogP contribution in [0.15, 0.2) is 79.1 Å². The number of benzene rings is 2. The number of aromatic nitrogens is 3. The van der Waals surface area contributed by atoms with Gasteiger partial charge in [-0.1, -0.05) is 24.3 Å². The summed E-state index contributed by atoms with van der Waals surface area (Å²) in [6, 6.07) is 18.2. The normalized spacial score (nSPS) is 15.0. The van der Waals surface area contributed by atoms with E-state index in [-0.39, 0.29) is 37.2 Å². The van der Waals surface area contributed by atoms with Gasteiger partial charge in [-0.25, -0.2) is 9.97 Å². The minimum Gasteiger partial charge on any atom is -0.495 e. The number of carbonyl (C=O) groups is 4. The van der Waals surface area contributed by atoms with Crippen LogP contribution < -0.4 is 20.1 Å². The summed E-state index contributed by atoms with van der Waals surface area (Å²) in [5.74, 6) is -1.29. The van der Waals surface area contributed by atoms with Crippen molar-refractivity contribution in [3.05, 3.63) is 96.2 Å². The summed E-state index contributed by atoms with van der Waals surface area (Å²) in [5.41, 5.74) is 3.95. The summed E-state index contributed by atoms with van der Waals surface area (Å²) < 4.78 is 55.5. The molecule has 4 amide bonds. The zero-order valence-corrected chi connectivity index (χ0v) is 34.1. The lowest BCUT2D eigenvalue weighted by Crippen LogP contribution is -2.54. The Morgan fingerprint density at radius 1 is 0.677 bits per heavy atom. The molecule has 0 saturated carbocycles. The second-order valence-corrected chi connectivity index (χ2v) is 14.1. The van der Waals surface area contributed by atoms with Gasteiger partial charge in [-0.2, -0.15) is 4.39 Å². The van der Waals surface area contributed by atoms with Crippen LogP contribution in [-0.4, -0.2) is 135 Å². The lowest BCUT2D eigenvalue weighted by atomic mass is 10.0. The first-order valence-electron chi connectivity index (χ1n) is 20.2. The van der Waals surface area contributed by atoms with Crippen LogP contribution in [0.3, 0.4) is 0 Å². The maximum atomic E-state index is 15.0. The van der Waals surface area contributed by atoms with Gasteiger partial charge in [-0.05, 0) is 54.4 Å². The predicted molar refractivity (Wildman–Crippen MR) is 222 cm³/mol. The quantitative estimate of drug-likeness (QED) is 0.0511. The number of nitrogens with one attached hydrogen (secondary N) is 2. The molecule has 2 aromatic carbocycles. The van der Waals surface area contributed by atoms with Gasteiger partial charge in [0.1, 0.15) is 35.6 Å². The van der Waals surface area contributed by atoms with Crippen LogP contribution in [0.2, 0.25) is 0 Å². The smallest absolute Gasteiger partial charge is 0.262 e. The van der Waals surface area contributed by atoms with Gasteiger partial charge in [0.15, 0.2) is 0 Å². The first-order chi connectivity index (χ1) is 30.3. The fourth-order valence-electron chi connectivity index (χ4n) is 6.79. The van der Waals surface area contributed by atoms with E-state index in [1.165, 1.54) is 12.1 Å². The van der Waals surface area contributed by atoms with Crippen LogP contribution in [-0.2, 0) is 33.3 Å². The van der Waals surface area contributed by atoms with E-state index in [9.17, 15) is 23.6 Å². The fourth-order valence-corrected chi connectivity index (χ4v) is 6.79. The Hall–Kier alpha value is -6.31. The molecule has 2 aliphatic rings. The lowest BCUT2D eigenvalue weighted by molar-refractivity contribution is -0.136. The summed E-state index contributed by atoms with van der Waals surface area (Å²) in [7, 11) is 1.62. The van der Waals surface area contributed by atoms with E-state index in [0.717, 1.165) is 27.6 Å². The Morgan fingerprint density at radius 3 is 1.95 bits per heavy atom. The Balaban J connectivity index is 0.664. The van der Waals surface area contributed by atoms with Crippen molar-refractivity contribution in [2.24, 2.45) is 0 Å². The van der Waals surface area contributed by atoms with Gasteiger partial charge < -0.3 is 42.9 Å². The Morgan fingerprint density at radius 2 is 1.29 bits per heavy atom. The molecule has 1 fully saturated rings. The molecular weight excluding hydrogens is 808 g/mol. The number of piperidine rings is 1. The molecule has 0 aliphatic carbocycles. The van der Waals surface area contributed by atoms with Crippen molar-refractivity contribution >= 4 is 35.1 Å². The number of pyridine rings is 2. The van der Waals surface area contributed by atoms with Gasteiger partial charge in [-0.15, -0.1) is 0 Å². The summed E-state index contributed by atoms with van der Waals surface area (Å²) in [5, 5.41) is 5.26. The van der Waals surface area contributed by atoms with Crippen molar-refractivity contribution in [2.45, 2.75) is 18.9 Å². The van der Waals surface area contributed by atoms with Crippen LogP contribution in [0.5, 0.6) is 11.5 Å². The molecule has 62 heavy (non-hydrogen) atoms. The molecule has 2 N–H and O–H groups in total. The van der Waals surface area contributed by atoms with Gasteiger partial charge in [0.2, 0.25) is 17.8 Å². The molecule has 1 unspecified atom stereocenters. The second-order valence-electron chi connectivity index (χ2n) is 14.1. The fraction of sp³-hybridized carbons (Fsp3) is 0.364. The third-order valence-corrected chi connectivity index (χ3v) is 9.95. The van der Waals surface area contributed by atoms with Crippen LogP contribution in [0, 0.1) is 5.95 Å². The maximum Gasteiger partial charge on any atom is 0.262 e. The van der Waals surface area contributed by atoms with Crippen molar-refractivity contribution in [1.82, 2.24) is 24.6 Å². The molecule has 0 radical (unpaired) electrons. The molecule has 0 spiro atoms. The highest BCUT2D eigenvalue weighted by Gasteiger charge is 2.44. The van der Waals surface area contributed by atoms with Gasteiger partial charge in [0.05, 0.1) is 96.2 Å². The number of hydrogen-bond donors (Lipinski definition) is 2. The zero-order valence-electron chi connectivity index (χ0n) is 34.1. The first kappa shape index (κ1) is 43.8. The summed E-state index contributed by atoms with van der Waals surface area (Å²) in [6.07, 6.45) is 3.93. The molecule has 2 aliphatic heterocycles. The summed E-state index contributed by atoms with van der Waals surface area (Å²) in [6.45, 7) is 4.45. The number of imidazole rings is 1. The molecule has 5 aromatic rings. The molecule has 1 saturated heterocycles. The topological polar surface area (TPSA) is 190 Å². The summed E-state index contributed by atoms with van der Waals surface area (Å²) >= 11 is 0. The van der Waals surface area contributed by atoms with Gasteiger partial charge in [-0.3, -0.25) is 29.4 Å². The SMILES string of the molecule is COc1ccc2nc(-c3ccc(-c4ccc(NCCOCCOCCOCCOCCOCCOc5ccc6c(c5)C(=O)N(C5CCC(=O)NC5=O)C6=O)nc4F)cc3)cn2c1. The molecule has 18 heteroatoms. The molecule has 326 valence electrons. The van der Waals surface area contributed by atoms with E-state index in [0.29, 0.717) is 88.7 Å². The zero-order chi connectivity index (χ0) is 43.3. The Kier molecular flexibility index (Phi) is 15.2. The molecule has 17 nitrogen and oxygen atoms in total. The third-order valence-electron chi connectivity index (χ3n) is 9.95. The largest absolute Gasteiger partial charge is 0.495 e. The molecule has 0 bridgehead atoms. The number of ether oxygens (including phenoxy) is 7. The number of nitrogens with zero attached hydrogens (tertiary/aromatic N) is 4. The molecule has 7 rings (SSSR count). The Labute approximate surface area is 356 Å². The standard InChI is InChI=1S/C44H47FN6O11/c1-56-32-7-12-39-47-36(28-50(39)27-32)30-4-2-29(3-5-30)33-9-11-38(48-41(33)45)46-14-15-57-16-17-58-18-19-59-20-21-60-22-23-61-24-25-62-31-6-8-34-35(26-31)44(55)51(43(34)54)37-10-13-40(52)49-42(37)53/h2-9,11-12,26-28,37H,10,13-25H2,1H3,(H,46,48)(H,49,52,53). The van der Waals surface area contributed by atoms with Gasteiger partial charge >= 0.3 is 0 Å². The lowest BCUT2D eigenvalue weighted by Gasteiger charge is -2.27. The second kappa shape index (κ2) is 21.5. The monoisotopic (exact) mass is 854 g/mol.